The van der Waals surface area contributed by atoms with Crippen molar-refractivity contribution in [1.29, 1.82) is 0 Å². The minimum Gasteiger partial charge on any atom is -0.455 e. The second kappa shape index (κ2) is 7.19. The average molecular weight is 459 g/mol. The molecule has 1 heteroatoms. The Balaban J connectivity index is 1.57. The largest absolute Gasteiger partial charge is 0.455 e. The minimum absolute atomic E-state index is 0.927. The Kier molecular flexibility index (Phi) is 3.93. The number of fused-ring (bicyclic) bond motifs is 3. The van der Waals surface area contributed by atoms with Gasteiger partial charge in [0.1, 0.15) is 11.2 Å². The van der Waals surface area contributed by atoms with Gasteiger partial charge in [-0.1, -0.05) is 109 Å². The molecule has 0 saturated carbocycles. The van der Waals surface area contributed by atoms with Crippen molar-refractivity contribution in [1.82, 2.24) is 0 Å². The predicted molar refractivity (Wildman–Crippen MR) is 153 cm³/mol. The van der Waals surface area contributed by atoms with Crippen molar-refractivity contribution in [3.63, 3.8) is 0 Å². The summed E-state index contributed by atoms with van der Waals surface area (Å²) in [4.78, 5) is 0. The van der Waals surface area contributed by atoms with Crippen LogP contribution < -0.4 is 0 Å². The first-order valence-corrected chi connectivity index (χ1v) is 12.4. The molecular formula is C35H22O. The van der Waals surface area contributed by atoms with Crippen molar-refractivity contribution in [3.8, 4) is 22.3 Å². The number of rotatable bonds is 2. The summed E-state index contributed by atoms with van der Waals surface area (Å²) in [6, 6.07) is 41.8. The van der Waals surface area contributed by atoms with E-state index in [4.69, 9.17) is 4.42 Å². The number of para-hydroxylation sites is 2. The third kappa shape index (κ3) is 2.66. The zero-order valence-corrected chi connectivity index (χ0v) is 19.9. The lowest BCUT2D eigenvalue weighted by Crippen LogP contribution is -1.91. The second-order valence-corrected chi connectivity index (χ2v) is 9.80. The van der Waals surface area contributed by atoms with E-state index < -0.39 is 0 Å². The highest BCUT2D eigenvalue weighted by molar-refractivity contribution is 6.29. The number of furan rings is 1. The Hall–Kier alpha value is -4.62. The Bertz CT molecular complexity index is 2080. The first-order chi connectivity index (χ1) is 17.8. The number of hydrogen-bond donors (Lipinski definition) is 0. The second-order valence-electron chi connectivity index (χ2n) is 9.80. The van der Waals surface area contributed by atoms with E-state index in [9.17, 15) is 0 Å². The first kappa shape index (κ1) is 19.7. The molecular weight excluding hydrogens is 436 g/mol. The lowest BCUT2D eigenvalue weighted by molar-refractivity contribution is 0.670. The molecule has 0 atom stereocenters. The molecule has 0 aliphatic heterocycles. The molecule has 1 aromatic heterocycles. The van der Waals surface area contributed by atoms with Crippen molar-refractivity contribution >= 4 is 54.3 Å². The van der Waals surface area contributed by atoms with Crippen LogP contribution in [0, 0.1) is 6.92 Å². The Morgan fingerprint density at radius 1 is 0.472 bits per heavy atom. The van der Waals surface area contributed by atoms with E-state index in [1.54, 1.807) is 0 Å². The van der Waals surface area contributed by atoms with Crippen LogP contribution in [0.15, 0.2) is 120 Å². The number of benzene rings is 7. The number of hydrogen-bond acceptors (Lipinski definition) is 1. The van der Waals surface area contributed by atoms with E-state index in [0.29, 0.717) is 0 Å². The van der Waals surface area contributed by atoms with Gasteiger partial charge in [0, 0.05) is 16.3 Å². The van der Waals surface area contributed by atoms with Gasteiger partial charge in [0.05, 0.1) is 0 Å². The third-order valence-corrected chi connectivity index (χ3v) is 7.70. The number of aryl methyl sites for hydroxylation is 1. The van der Waals surface area contributed by atoms with Crippen LogP contribution in [0.1, 0.15) is 5.56 Å². The molecule has 0 amide bonds. The van der Waals surface area contributed by atoms with Crippen LogP contribution in [0.3, 0.4) is 0 Å². The maximum Gasteiger partial charge on any atom is 0.143 e. The molecule has 0 radical (unpaired) electrons. The summed E-state index contributed by atoms with van der Waals surface area (Å²) in [5.41, 5.74) is 7.97. The fourth-order valence-corrected chi connectivity index (χ4v) is 5.99. The molecule has 0 aliphatic rings. The average Bonchev–Trinajstić information content (AvgIpc) is 3.31. The van der Waals surface area contributed by atoms with Crippen LogP contribution in [0.25, 0.3) is 76.5 Å². The van der Waals surface area contributed by atoms with Gasteiger partial charge >= 0.3 is 0 Å². The van der Waals surface area contributed by atoms with Crippen LogP contribution in [-0.4, -0.2) is 0 Å². The molecule has 0 aliphatic carbocycles. The smallest absolute Gasteiger partial charge is 0.143 e. The molecule has 1 nitrogen and oxygen atoms in total. The van der Waals surface area contributed by atoms with Gasteiger partial charge in [-0.25, -0.2) is 0 Å². The molecule has 7 aromatic carbocycles. The molecule has 0 unspecified atom stereocenters. The summed E-state index contributed by atoms with van der Waals surface area (Å²) >= 11 is 0. The SMILES string of the molecule is Cc1ccc(-c2cc(-c3cccc4c3oc3ccccc34)c3ccc4cccc5ccc2c3c54)cc1. The molecule has 0 fully saturated rings. The van der Waals surface area contributed by atoms with E-state index in [1.807, 2.05) is 6.07 Å². The summed E-state index contributed by atoms with van der Waals surface area (Å²) in [5, 5.41) is 10.1. The highest BCUT2D eigenvalue weighted by atomic mass is 16.3. The topological polar surface area (TPSA) is 13.1 Å². The first-order valence-electron chi connectivity index (χ1n) is 12.4. The van der Waals surface area contributed by atoms with Gasteiger partial charge in [-0.05, 0) is 68.1 Å². The molecule has 1 heterocycles. The normalized spacial score (nSPS) is 12.0. The predicted octanol–water partition coefficient (Wildman–Crippen LogP) is 10.1. The fraction of sp³-hybridized carbons (Fsp3) is 0.0286. The van der Waals surface area contributed by atoms with Crippen LogP contribution in [0.4, 0.5) is 0 Å². The molecule has 0 N–H and O–H groups in total. The highest BCUT2D eigenvalue weighted by Crippen LogP contribution is 2.46. The summed E-state index contributed by atoms with van der Waals surface area (Å²) in [7, 11) is 0. The van der Waals surface area contributed by atoms with E-state index in [-0.39, 0.29) is 0 Å². The Morgan fingerprint density at radius 2 is 1.17 bits per heavy atom. The van der Waals surface area contributed by atoms with Crippen molar-refractivity contribution in [3.05, 3.63) is 121 Å². The van der Waals surface area contributed by atoms with Gasteiger partial charge in [0.15, 0.2) is 0 Å². The van der Waals surface area contributed by atoms with E-state index in [2.05, 4.69) is 116 Å². The fourth-order valence-electron chi connectivity index (χ4n) is 5.99. The zero-order chi connectivity index (χ0) is 23.8. The maximum atomic E-state index is 6.49. The van der Waals surface area contributed by atoms with Crippen molar-refractivity contribution in [2.75, 3.05) is 0 Å². The van der Waals surface area contributed by atoms with Gasteiger partial charge in [0.2, 0.25) is 0 Å². The van der Waals surface area contributed by atoms with E-state index in [0.717, 1.165) is 27.5 Å². The summed E-state index contributed by atoms with van der Waals surface area (Å²) in [6.45, 7) is 2.14. The van der Waals surface area contributed by atoms with Gasteiger partial charge in [-0.2, -0.15) is 0 Å². The van der Waals surface area contributed by atoms with E-state index in [1.165, 1.54) is 54.6 Å². The third-order valence-electron chi connectivity index (χ3n) is 7.70. The summed E-state index contributed by atoms with van der Waals surface area (Å²) in [5.74, 6) is 0. The van der Waals surface area contributed by atoms with Gasteiger partial charge in [-0.15, -0.1) is 0 Å². The molecule has 8 rings (SSSR count). The van der Waals surface area contributed by atoms with Gasteiger partial charge in [-0.3, -0.25) is 0 Å². The lowest BCUT2D eigenvalue weighted by Gasteiger charge is -2.18. The Morgan fingerprint density at radius 3 is 1.97 bits per heavy atom. The van der Waals surface area contributed by atoms with Crippen LogP contribution >= 0.6 is 0 Å². The molecule has 168 valence electrons. The maximum absolute atomic E-state index is 6.49. The summed E-state index contributed by atoms with van der Waals surface area (Å²) < 4.78 is 6.49. The minimum atomic E-state index is 0.927. The Labute approximate surface area is 208 Å². The van der Waals surface area contributed by atoms with Crippen LogP contribution in [-0.2, 0) is 0 Å². The summed E-state index contributed by atoms with van der Waals surface area (Å²) in [6.07, 6.45) is 0. The van der Waals surface area contributed by atoms with Crippen molar-refractivity contribution < 1.29 is 4.42 Å². The standard InChI is InChI=1S/C35H22O/c1-21-12-14-22(15-13-21)30-20-31(29-10-5-9-28-25-8-2-3-11-32(25)36-35(28)29)27-19-17-24-7-4-6-23-16-18-26(30)34(27)33(23)24/h2-20H,1H3. The molecule has 0 bridgehead atoms. The van der Waals surface area contributed by atoms with Crippen molar-refractivity contribution in [2.45, 2.75) is 6.92 Å². The zero-order valence-electron chi connectivity index (χ0n) is 19.9. The van der Waals surface area contributed by atoms with Crippen LogP contribution in [0.2, 0.25) is 0 Å². The molecule has 0 saturated heterocycles. The quantitative estimate of drug-likeness (QED) is 0.235. The lowest BCUT2D eigenvalue weighted by atomic mass is 9.85. The highest BCUT2D eigenvalue weighted by Gasteiger charge is 2.19. The molecule has 0 spiro atoms. The molecule has 36 heavy (non-hydrogen) atoms. The van der Waals surface area contributed by atoms with Gasteiger partial charge in [0.25, 0.3) is 0 Å². The monoisotopic (exact) mass is 458 g/mol. The van der Waals surface area contributed by atoms with Crippen molar-refractivity contribution in [2.24, 2.45) is 0 Å². The van der Waals surface area contributed by atoms with Gasteiger partial charge < -0.3 is 4.42 Å². The molecule has 8 aromatic rings. The van der Waals surface area contributed by atoms with E-state index >= 15 is 0 Å². The van der Waals surface area contributed by atoms with Crippen LogP contribution in [0.5, 0.6) is 0 Å².